The van der Waals surface area contributed by atoms with Crippen LogP contribution < -0.4 is 5.32 Å². The van der Waals surface area contributed by atoms with Gasteiger partial charge in [-0.1, -0.05) is 37.6 Å². The number of rotatable bonds is 5. The van der Waals surface area contributed by atoms with E-state index in [0.717, 1.165) is 12.0 Å². The normalized spacial score (nSPS) is 23.4. The van der Waals surface area contributed by atoms with E-state index in [9.17, 15) is 0 Å². The van der Waals surface area contributed by atoms with Crippen LogP contribution in [0.15, 0.2) is 24.3 Å². The van der Waals surface area contributed by atoms with Gasteiger partial charge in [-0.05, 0) is 55.6 Å². The highest BCUT2D eigenvalue weighted by Gasteiger charge is 2.25. The summed E-state index contributed by atoms with van der Waals surface area (Å²) in [6, 6.07) is 10.8. The standard InChI is InChI=1S/C17H25N/c1-12(13(2)18-17-10-11-17)14-6-8-16(9-7-14)15-4-3-5-15/h6-9,12-13,15,17-18H,3-5,10-11H2,1-2H3. The summed E-state index contributed by atoms with van der Waals surface area (Å²) in [5, 5.41) is 3.71. The van der Waals surface area contributed by atoms with Crippen LogP contribution >= 0.6 is 0 Å². The fraction of sp³-hybridized carbons (Fsp3) is 0.647. The quantitative estimate of drug-likeness (QED) is 0.817. The molecule has 2 atom stereocenters. The highest BCUT2D eigenvalue weighted by molar-refractivity contribution is 5.29. The molecule has 2 aliphatic rings. The summed E-state index contributed by atoms with van der Waals surface area (Å²) in [4.78, 5) is 0. The highest BCUT2D eigenvalue weighted by atomic mass is 15.0. The molecular formula is C17H25N. The van der Waals surface area contributed by atoms with Gasteiger partial charge in [0.05, 0.1) is 0 Å². The second kappa shape index (κ2) is 5.05. The first-order valence-corrected chi connectivity index (χ1v) is 7.60. The Morgan fingerprint density at radius 3 is 2.17 bits per heavy atom. The first kappa shape index (κ1) is 12.2. The predicted molar refractivity (Wildman–Crippen MR) is 77.1 cm³/mol. The van der Waals surface area contributed by atoms with Crippen LogP contribution in [0.3, 0.4) is 0 Å². The highest BCUT2D eigenvalue weighted by Crippen LogP contribution is 2.36. The fourth-order valence-corrected chi connectivity index (χ4v) is 2.87. The molecule has 1 nitrogen and oxygen atoms in total. The molecule has 1 aromatic rings. The minimum atomic E-state index is 0.590. The molecule has 0 aliphatic heterocycles. The second-order valence-corrected chi connectivity index (χ2v) is 6.31. The molecule has 1 heteroatoms. The molecule has 2 unspecified atom stereocenters. The van der Waals surface area contributed by atoms with E-state index in [1.54, 1.807) is 5.56 Å². The maximum Gasteiger partial charge on any atom is 0.0107 e. The van der Waals surface area contributed by atoms with E-state index in [1.807, 2.05) is 0 Å². The van der Waals surface area contributed by atoms with Crippen LogP contribution in [-0.2, 0) is 0 Å². The number of nitrogens with one attached hydrogen (secondary N) is 1. The van der Waals surface area contributed by atoms with Crippen LogP contribution in [0.4, 0.5) is 0 Å². The van der Waals surface area contributed by atoms with E-state index in [0.29, 0.717) is 12.0 Å². The van der Waals surface area contributed by atoms with Crippen molar-refractivity contribution in [1.82, 2.24) is 5.32 Å². The van der Waals surface area contributed by atoms with E-state index in [4.69, 9.17) is 0 Å². The molecule has 1 N–H and O–H groups in total. The molecule has 3 rings (SSSR count). The Morgan fingerprint density at radius 2 is 1.67 bits per heavy atom. The van der Waals surface area contributed by atoms with E-state index in [-0.39, 0.29) is 0 Å². The molecule has 1 aromatic carbocycles. The Balaban J connectivity index is 1.63. The van der Waals surface area contributed by atoms with Crippen molar-refractivity contribution in [2.75, 3.05) is 0 Å². The molecule has 0 saturated heterocycles. The van der Waals surface area contributed by atoms with E-state index in [2.05, 4.69) is 43.4 Å². The van der Waals surface area contributed by atoms with Crippen LogP contribution in [0.2, 0.25) is 0 Å². The largest absolute Gasteiger partial charge is 0.311 e. The molecule has 0 amide bonds. The molecule has 2 aliphatic carbocycles. The number of hydrogen-bond donors (Lipinski definition) is 1. The minimum absolute atomic E-state index is 0.590. The van der Waals surface area contributed by atoms with Crippen LogP contribution in [-0.4, -0.2) is 12.1 Å². The molecule has 2 saturated carbocycles. The number of hydrogen-bond acceptors (Lipinski definition) is 1. The molecule has 0 bridgehead atoms. The zero-order chi connectivity index (χ0) is 12.5. The van der Waals surface area contributed by atoms with Crippen molar-refractivity contribution >= 4 is 0 Å². The van der Waals surface area contributed by atoms with E-state index < -0.39 is 0 Å². The van der Waals surface area contributed by atoms with Crippen molar-refractivity contribution < 1.29 is 0 Å². The van der Waals surface area contributed by atoms with Gasteiger partial charge in [-0.2, -0.15) is 0 Å². The minimum Gasteiger partial charge on any atom is -0.311 e. The van der Waals surface area contributed by atoms with Crippen molar-refractivity contribution in [3.8, 4) is 0 Å². The maximum atomic E-state index is 3.71. The third kappa shape index (κ3) is 2.61. The van der Waals surface area contributed by atoms with Gasteiger partial charge >= 0.3 is 0 Å². The molecule has 0 aromatic heterocycles. The lowest BCUT2D eigenvalue weighted by atomic mass is 9.79. The Labute approximate surface area is 111 Å². The average molecular weight is 243 g/mol. The molecular weight excluding hydrogens is 218 g/mol. The molecule has 98 valence electrons. The lowest BCUT2D eigenvalue weighted by molar-refractivity contribution is 0.419. The summed E-state index contributed by atoms with van der Waals surface area (Å²) in [5.74, 6) is 1.47. The summed E-state index contributed by atoms with van der Waals surface area (Å²) in [6.45, 7) is 4.67. The van der Waals surface area contributed by atoms with E-state index >= 15 is 0 Å². The summed E-state index contributed by atoms with van der Waals surface area (Å²) < 4.78 is 0. The Kier molecular flexibility index (Phi) is 3.43. The first-order valence-electron chi connectivity index (χ1n) is 7.60. The van der Waals surface area contributed by atoms with Crippen molar-refractivity contribution in [3.63, 3.8) is 0 Å². The summed E-state index contributed by atoms with van der Waals surface area (Å²) in [6.07, 6.45) is 6.96. The van der Waals surface area contributed by atoms with Gasteiger partial charge in [0.15, 0.2) is 0 Å². The van der Waals surface area contributed by atoms with Crippen LogP contribution in [0.25, 0.3) is 0 Å². The zero-order valence-corrected chi connectivity index (χ0v) is 11.7. The van der Waals surface area contributed by atoms with E-state index in [1.165, 1.54) is 37.7 Å². The van der Waals surface area contributed by atoms with Gasteiger partial charge in [-0.15, -0.1) is 0 Å². The Bertz CT molecular complexity index is 387. The Hall–Kier alpha value is -0.820. The van der Waals surface area contributed by atoms with Crippen molar-refractivity contribution in [3.05, 3.63) is 35.4 Å². The fourth-order valence-electron chi connectivity index (χ4n) is 2.87. The molecule has 2 fully saturated rings. The van der Waals surface area contributed by atoms with Crippen LogP contribution in [0.1, 0.15) is 68.9 Å². The topological polar surface area (TPSA) is 12.0 Å². The lowest BCUT2D eigenvalue weighted by Crippen LogP contribution is -2.32. The SMILES string of the molecule is CC(NC1CC1)C(C)c1ccc(C2CCC2)cc1. The zero-order valence-electron chi connectivity index (χ0n) is 11.7. The third-order valence-electron chi connectivity index (χ3n) is 4.86. The average Bonchev–Trinajstić information content (AvgIpc) is 3.11. The smallest absolute Gasteiger partial charge is 0.0107 e. The lowest BCUT2D eigenvalue weighted by Gasteiger charge is -2.27. The van der Waals surface area contributed by atoms with Gasteiger partial charge in [-0.25, -0.2) is 0 Å². The number of benzene rings is 1. The second-order valence-electron chi connectivity index (χ2n) is 6.31. The molecule has 0 heterocycles. The van der Waals surface area contributed by atoms with Crippen LogP contribution in [0, 0.1) is 0 Å². The van der Waals surface area contributed by atoms with Gasteiger partial charge in [0.25, 0.3) is 0 Å². The Morgan fingerprint density at radius 1 is 1.00 bits per heavy atom. The molecule has 0 spiro atoms. The molecule has 18 heavy (non-hydrogen) atoms. The third-order valence-corrected chi connectivity index (χ3v) is 4.86. The van der Waals surface area contributed by atoms with Crippen molar-refractivity contribution in [2.45, 2.75) is 69.9 Å². The van der Waals surface area contributed by atoms with Gasteiger partial charge < -0.3 is 5.32 Å². The first-order chi connectivity index (χ1) is 8.74. The molecule has 0 radical (unpaired) electrons. The van der Waals surface area contributed by atoms with Crippen LogP contribution in [0.5, 0.6) is 0 Å². The van der Waals surface area contributed by atoms with Crippen molar-refractivity contribution in [2.24, 2.45) is 0 Å². The maximum absolute atomic E-state index is 3.71. The van der Waals surface area contributed by atoms with Gasteiger partial charge in [-0.3, -0.25) is 0 Å². The summed E-state index contributed by atoms with van der Waals surface area (Å²) in [7, 11) is 0. The predicted octanol–water partition coefficient (Wildman–Crippen LogP) is 4.20. The van der Waals surface area contributed by atoms with Gasteiger partial charge in [0.1, 0.15) is 0 Å². The summed E-state index contributed by atoms with van der Waals surface area (Å²) >= 11 is 0. The van der Waals surface area contributed by atoms with Gasteiger partial charge in [0, 0.05) is 12.1 Å². The van der Waals surface area contributed by atoms with Gasteiger partial charge in [0.2, 0.25) is 0 Å². The van der Waals surface area contributed by atoms with Crippen molar-refractivity contribution in [1.29, 1.82) is 0 Å². The monoisotopic (exact) mass is 243 g/mol. The summed E-state index contributed by atoms with van der Waals surface area (Å²) in [5.41, 5.74) is 3.04.